The molecule has 3 nitrogen and oxygen atoms in total. The quantitative estimate of drug-likeness (QED) is 0.450. The van der Waals surface area contributed by atoms with Gasteiger partial charge in [0.2, 0.25) is 0 Å². The smallest absolute Gasteiger partial charge is 0.311 e. The van der Waals surface area contributed by atoms with Crippen molar-refractivity contribution >= 4 is 12.3 Å². The molecular weight excluding hydrogens is 252 g/mol. The number of hydrogen-bond donors (Lipinski definition) is 0. The first-order valence-electron chi connectivity index (χ1n) is 7.60. The summed E-state index contributed by atoms with van der Waals surface area (Å²) in [6.45, 7) is 8.48. The molecule has 0 bridgehead atoms. The van der Waals surface area contributed by atoms with Crippen LogP contribution in [0, 0.1) is 22.7 Å². The summed E-state index contributed by atoms with van der Waals surface area (Å²) in [4.78, 5) is 23.4. The van der Waals surface area contributed by atoms with Gasteiger partial charge in [0.25, 0.3) is 0 Å². The van der Waals surface area contributed by atoms with E-state index in [4.69, 9.17) is 4.74 Å². The number of carbonyl (C=O) groups excluding carboxylic acids is 2. The van der Waals surface area contributed by atoms with Crippen molar-refractivity contribution in [2.45, 2.75) is 52.4 Å². The molecule has 2 aliphatic rings. The van der Waals surface area contributed by atoms with E-state index < -0.39 is 5.41 Å². The number of fused-ring (bicyclic) bond motifs is 1. The van der Waals surface area contributed by atoms with Crippen LogP contribution in [0.1, 0.15) is 52.4 Å². The number of hydrogen-bond acceptors (Lipinski definition) is 3. The zero-order valence-electron chi connectivity index (χ0n) is 12.9. The van der Waals surface area contributed by atoms with Crippen molar-refractivity contribution in [1.82, 2.24) is 0 Å². The summed E-state index contributed by atoms with van der Waals surface area (Å²) >= 11 is 0. The van der Waals surface area contributed by atoms with Gasteiger partial charge in [-0.2, -0.15) is 0 Å². The van der Waals surface area contributed by atoms with Gasteiger partial charge in [-0.15, -0.1) is 0 Å². The molecule has 0 spiro atoms. The van der Waals surface area contributed by atoms with Gasteiger partial charge >= 0.3 is 5.97 Å². The molecule has 3 heteroatoms. The van der Waals surface area contributed by atoms with Crippen LogP contribution in [0.2, 0.25) is 0 Å². The highest BCUT2D eigenvalue weighted by atomic mass is 16.5. The number of carbonyl (C=O) groups is 2. The lowest BCUT2D eigenvalue weighted by atomic mass is 9.47. The Balaban J connectivity index is 2.40. The Morgan fingerprint density at radius 1 is 1.45 bits per heavy atom. The molecule has 0 radical (unpaired) electrons. The van der Waals surface area contributed by atoms with Crippen LogP contribution in [-0.4, -0.2) is 19.4 Å². The normalized spacial score (nSPS) is 40.9. The van der Waals surface area contributed by atoms with Gasteiger partial charge in [-0.05, 0) is 49.9 Å². The minimum Gasteiger partial charge on any atom is -0.469 e. The molecule has 2 saturated carbocycles. The van der Waals surface area contributed by atoms with Gasteiger partial charge in [-0.1, -0.05) is 25.5 Å². The van der Waals surface area contributed by atoms with Gasteiger partial charge in [0.15, 0.2) is 0 Å². The molecule has 2 aliphatic carbocycles. The van der Waals surface area contributed by atoms with Gasteiger partial charge in [-0.3, -0.25) is 4.79 Å². The molecule has 0 saturated heterocycles. The average Bonchev–Trinajstić information content (AvgIpc) is 2.41. The van der Waals surface area contributed by atoms with Crippen LogP contribution in [0.5, 0.6) is 0 Å². The fourth-order valence-electron chi connectivity index (χ4n) is 4.96. The maximum absolute atomic E-state index is 12.3. The molecule has 0 aromatic rings. The van der Waals surface area contributed by atoms with Crippen LogP contribution in [0.4, 0.5) is 0 Å². The SMILES string of the molecule is C=C1CC[C@@H]2[C@](C)(CCC[C@]2(C)C(=O)OC)[C@H]1CC=O. The number of allylic oxidation sites excluding steroid dienone is 1. The molecule has 0 aliphatic heterocycles. The maximum atomic E-state index is 12.3. The first-order valence-corrected chi connectivity index (χ1v) is 7.60. The Hall–Kier alpha value is -1.12. The molecule has 20 heavy (non-hydrogen) atoms. The first-order chi connectivity index (χ1) is 9.40. The highest BCUT2D eigenvalue weighted by molar-refractivity contribution is 5.77. The lowest BCUT2D eigenvalue weighted by molar-refractivity contribution is -0.167. The van der Waals surface area contributed by atoms with E-state index in [1.165, 1.54) is 12.7 Å². The minimum atomic E-state index is -0.413. The monoisotopic (exact) mass is 278 g/mol. The summed E-state index contributed by atoms with van der Waals surface area (Å²) in [6, 6.07) is 0. The second-order valence-electron chi connectivity index (χ2n) is 6.97. The van der Waals surface area contributed by atoms with E-state index in [-0.39, 0.29) is 23.2 Å². The summed E-state index contributed by atoms with van der Waals surface area (Å²) < 4.78 is 5.08. The molecule has 4 atom stereocenters. The topological polar surface area (TPSA) is 43.4 Å². The predicted molar refractivity (Wildman–Crippen MR) is 78.1 cm³/mol. The first kappa shape index (κ1) is 15.3. The molecule has 0 aromatic heterocycles. The second-order valence-corrected chi connectivity index (χ2v) is 6.97. The Kier molecular flexibility index (Phi) is 4.08. The Morgan fingerprint density at radius 2 is 2.15 bits per heavy atom. The summed E-state index contributed by atoms with van der Waals surface area (Å²) in [5, 5.41) is 0. The fourth-order valence-corrected chi connectivity index (χ4v) is 4.96. The van der Waals surface area contributed by atoms with Gasteiger partial charge in [0.05, 0.1) is 12.5 Å². The summed E-state index contributed by atoms with van der Waals surface area (Å²) in [5.41, 5.74) is 0.769. The van der Waals surface area contributed by atoms with Crippen molar-refractivity contribution < 1.29 is 14.3 Å². The average molecular weight is 278 g/mol. The number of esters is 1. The maximum Gasteiger partial charge on any atom is 0.311 e. The zero-order valence-corrected chi connectivity index (χ0v) is 12.9. The van der Waals surface area contributed by atoms with Crippen LogP contribution in [-0.2, 0) is 14.3 Å². The standard InChI is InChI=1S/C17H26O3/c1-12-6-7-14-16(2,13(12)8-11-18)9-5-10-17(14,3)15(19)20-4/h11,13-14H,1,5-10H2,2-4H3/t13-,14+,16+,17-/m0/s1. The van der Waals surface area contributed by atoms with E-state index in [0.717, 1.165) is 38.4 Å². The summed E-state index contributed by atoms with van der Waals surface area (Å²) in [5.74, 6) is 0.403. The Bertz CT molecular complexity index is 428. The van der Waals surface area contributed by atoms with Crippen molar-refractivity contribution in [2.24, 2.45) is 22.7 Å². The van der Waals surface area contributed by atoms with Gasteiger partial charge < -0.3 is 9.53 Å². The summed E-state index contributed by atoms with van der Waals surface area (Å²) in [7, 11) is 1.48. The van der Waals surface area contributed by atoms with Crippen molar-refractivity contribution in [3.63, 3.8) is 0 Å². The Morgan fingerprint density at radius 3 is 2.75 bits per heavy atom. The third-order valence-electron chi connectivity index (χ3n) is 6.00. The lowest BCUT2D eigenvalue weighted by Crippen LogP contribution is -2.53. The zero-order chi connectivity index (χ0) is 15.0. The second kappa shape index (κ2) is 5.34. The van der Waals surface area contributed by atoms with Gasteiger partial charge in [0.1, 0.15) is 6.29 Å². The van der Waals surface area contributed by atoms with Crippen molar-refractivity contribution in [2.75, 3.05) is 7.11 Å². The molecule has 0 heterocycles. The lowest BCUT2D eigenvalue weighted by Gasteiger charge is -2.57. The predicted octanol–water partition coefficient (Wildman–Crippen LogP) is 3.53. The van der Waals surface area contributed by atoms with E-state index in [0.29, 0.717) is 6.42 Å². The highest BCUT2D eigenvalue weighted by Crippen LogP contribution is 2.61. The van der Waals surface area contributed by atoms with Crippen LogP contribution in [0.3, 0.4) is 0 Å². The molecule has 2 fully saturated rings. The molecule has 0 unspecified atom stereocenters. The number of ether oxygens (including phenoxy) is 1. The van der Waals surface area contributed by atoms with Crippen LogP contribution < -0.4 is 0 Å². The highest BCUT2D eigenvalue weighted by Gasteiger charge is 2.57. The van der Waals surface area contributed by atoms with Gasteiger partial charge in [0, 0.05) is 6.42 Å². The largest absolute Gasteiger partial charge is 0.469 e. The number of rotatable bonds is 3. The van der Waals surface area contributed by atoms with E-state index in [2.05, 4.69) is 13.5 Å². The molecule has 0 aromatic carbocycles. The third-order valence-corrected chi connectivity index (χ3v) is 6.00. The van der Waals surface area contributed by atoms with Crippen LogP contribution in [0.15, 0.2) is 12.2 Å². The van der Waals surface area contributed by atoms with Crippen molar-refractivity contribution in [3.8, 4) is 0 Å². The van der Waals surface area contributed by atoms with E-state index in [1.54, 1.807) is 0 Å². The molecule has 2 rings (SSSR count). The van der Waals surface area contributed by atoms with E-state index in [1.807, 2.05) is 6.92 Å². The third kappa shape index (κ3) is 2.11. The fraction of sp³-hybridized carbons (Fsp3) is 0.765. The van der Waals surface area contributed by atoms with Gasteiger partial charge in [-0.25, -0.2) is 0 Å². The Labute approximate surface area is 121 Å². The van der Waals surface area contributed by atoms with Crippen molar-refractivity contribution in [1.29, 1.82) is 0 Å². The van der Waals surface area contributed by atoms with Crippen LogP contribution >= 0.6 is 0 Å². The molecular formula is C17H26O3. The summed E-state index contributed by atoms with van der Waals surface area (Å²) in [6.07, 6.45) is 6.42. The van der Waals surface area contributed by atoms with Crippen molar-refractivity contribution in [3.05, 3.63) is 12.2 Å². The number of methoxy groups -OCH3 is 1. The van der Waals surface area contributed by atoms with E-state index in [9.17, 15) is 9.59 Å². The van der Waals surface area contributed by atoms with Crippen LogP contribution in [0.25, 0.3) is 0 Å². The number of aldehydes is 1. The molecule has 0 amide bonds. The molecule has 0 N–H and O–H groups in total. The van der Waals surface area contributed by atoms with E-state index >= 15 is 0 Å². The minimum absolute atomic E-state index is 0.00255. The molecule has 112 valence electrons.